The lowest BCUT2D eigenvalue weighted by atomic mass is 10.1. The molecule has 1 atom stereocenters. The third-order valence-electron chi connectivity index (χ3n) is 2.55. The molecule has 5 nitrogen and oxygen atoms in total. The van der Waals surface area contributed by atoms with Crippen molar-refractivity contribution in [2.45, 2.75) is 51.7 Å². The minimum Gasteiger partial charge on any atom is -0.477 e. The highest BCUT2D eigenvalue weighted by Gasteiger charge is 2.38. The maximum atomic E-state index is 14.3. The van der Waals surface area contributed by atoms with E-state index in [9.17, 15) is 13.6 Å². The molecule has 8 heteroatoms. The molecule has 0 saturated heterocycles. The number of alkyl halides is 2. The molecule has 1 aromatic heterocycles. The van der Waals surface area contributed by atoms with Crippen molar-refractivity contribution in [3.05, 3.63) is 22.8 Å². The number of carbonyl (C=O) groups is 1. The first-order chi connectivity index (χ1) is 11.2. The number of nitrogens with one attached hydrogen (secondary N) is 1. The highest BCUT2D eigenvalue weighted by molar-refractivity contribution is 9.10. The minimum absolute atomic E-state index is 0.136. The van der Waals surface area contributed by atoms with E-state index in [2.05, 4.69) is 20.9 Å². The third-order valence-corrected chi connectivity index (χ3v) is 3.04. The number of pyridine rings is 1. The van der Waals surface area contributed by atoms with Crippen LogP contribution in [-0.2, 0) is 4.74 Å². The zero-order valence-electron chi connectivity index (χ0n) is 15.3. The molecule has 23 heavy (non-hydrogen) atoms. The lowest BCUT2D eigenvalue weighted by molar-refractivity contribution is -0.0505. The predicted octanol–water partition coefficient (Wildman–Crippen LogP) is 4.16. The Morgan fingerprint density at radius 3 is 2.74 bits per heavy atom. The summed E-state index contributed by atoms with van der Waals surface area (Å²) in [4.78, 5) is 15.4. The molecule has 0 aliphatic carbocycles. The number of hydrogen-bond donors (Lipinski definition) is 1. The number of hydrogen-bond acceptors (Lipinski definition) is 4. The van der Waals surface area contributed by atoms with Crippen LogP contribution in [0.3, 0.4) is 0 Å². The molecule has 0 fully saturated rings. The van der Waals surface area contributed by atoms with Gasteiger partial charge < -0.3 is 14.8 Å². The van der Waals surface area contributed by atoms with Crippen molar-refractivity contribution in [1.29, 1.82) is 0 Å². The second-order valence-electron chi connectivity index (χ2n) is 5.86. The van der Waals surface area contributed by atoms with E-state index in [1.807, 2.05) is 5.32 Å². The predicted molar refractivity (Wildman–Crippen MR) is 85.8 cm³/mol. The van der Waals surface area contributed by atoms with Gasteiger partial charge in [-0.1, -0.05) is 15.9 Å². The second kappa shape index (κ2) is 7.90. The lowest BCUT2D eigenvalue weighted by Crippen LogP contribution is -2.47. The summed E-state index contributed by atoms with van der Waals surface area (Å²) in [7, 11) is 0. The molecule has 0 aliphatic rings. The first-order valence-electron chi connectivity index (χ1n) is 7.88. The van der Waals surface area contributed by atoms with E-state index < -0.39 is 36.6 Å². The van der Waals surface area contributed by atoms with E-state index in [1.54, 1.807) is 26.8 Å². The van der Waals surface area contributed by atoms with Crippen LogP contribution < -0.4 is 10.1 Å². The number of amides is 1. The van der Waals surface area contributed by atoms with Gasteiger partial charge in [0.1, 0.15) is 5.60 Å². The van der Waals surface area contributed by atoms with Gasteiger partial charge in [-0.15, -0.1) is 0 Å². The molecule has 130 valence electrons. The van der Waals surface area contributed by atoms with Crippen LogP contribution in [0.5, 0.6) is 5.88 Å². The number of ether oxygens (including phenoxy) is 2. The van der Waals surface area contributed by atoms with Crippen LogP contribution in [0, 0.1) is 0 Å². The molecule has 1 rings (SSSR count). The Morgan fingerprint density at radius 2 is 2.17 bits per heavy atom. The highest BCUT2D eigenvalue weighted by atomic mass is 79.9. The fourth-order valence-corrected chi connectivity index (χ4v) is 1.70. The second-order valence-corrected chi connectivity index (χ2v) is 6.78. The fraction of sp³-hybridized carbons (Fsp3) is 0.600. The summed E-state index contributed by atoms with van der Waals surface area (Å²) in [5.74, 6) is -3.71. The van der Waals surface area contributed by atoms with Crippen molar-refractivity contribution in [3.63, 3.8) is 0 Å². The maximum absolute atomic E-state index is 14.3. The van der Waals surface area contributed by atoms with Gasteiger partial charge in [-0.05, 0) is 33.8 Å². The molecule has 1 aromatic rings. The lowest BCUT2D eigenvalue weighted by Gasteiger charge is -2.26. The molecule has 0 aromatic carbocycles. The van der Waals surface area contributed by atoms with Crippen LogP contribution in [0.4, 0.5) is 13.6 Å². The van der Waals surface area contributed by atoms with Crippen LogP contribution in [0.15, 0.2) is 22.8 Å². The number of rotatable bonds is 6. The number of nitrogens with zero attached hydrogens (tertiary/aromatic N) is 1. The fourth-order valence-electron chi connectivity index (χ4n) is 1.39. The number of halogens is 3. The first kappa shape index (κ1) is 16.4. The van der Waals surface area contributed by atoms with Gasteiger partial charge >= 0.3 is 6.09 Å². The van der Waals surface area contributed by atoms with Gasteiger partial charge in [-0.2, -0.15) is 0 Å². The minimum atomic E-state index is -3.58. The van der Waals surface area contributed by atoms with Crippen molar-refractivity contribution >= 4 is 22.0 Å². The third kappa shape index (κ3) is 7.58. The maximum Gasteiger partial charge on any atom is 0.408 e. The van der Waals surface area contributed by atoms with Crippen molar-refractivity contribution < 1.29 is 25.8 Å². The molecule has 0 aliphatic heterocycles. The van der Waals surface area contributed by atoms with Crippen molar-refractivity contribution in [3.8, 4) is 5.88 Å². The Balaban J connectivity index is 2.71. The van der Waals surface area contributed by atoms with E-state index in [-0.39, 0.29) is 5.88 Å². The number of carbonyl (C=O) groups excluding carboxylic acids is 1. The summed E-state index contributed by atoms with van der Waals surface area (Å²) < 4.78 is 54.3. The summed E-state index contributed by atoms with van der Waals surface area (Å²) >= 11 is 3.15. The molecule has 0 radical (unpaired) electrons. The quantitative estimate of drug-likeness (QED) is 0.783. The molecule has 0 saturated carbocycles. The van der Waals surface area contributed by atoms with E-state index in [0.717, 1.165) is 6.92 Å². The summed E-state index contributed by atoms with van der Waals surface area (Å²) in [6.45, 7) is 3.19. The van der Waals surface area contributed by atoms with Crippen LogP contribution in [0.25, 0.3) is 0 Å². The molecular weight excluding hydrogens is 374 g/mol. The van der Waals surface area contributed by atoms with Crippen LogP contribution in [0.2, 0.25) is 0 Å². The molecular formula is C15H21BrF2N2O3. The number of aromatic nitrogens is 1. The van der Waals surface area contributed by atoms with Crippen LogP contribution in [0.1, 0.15) is 36.9 Å². The molecule has 0 bridgehead atoms. The molecule has 1 heterocycles. The topological polar surface area (TPSA) is 60.5 Å². The van der Waals surface area contributed by atoms with E-state index in [1.165, 1.54) is 12.3 Å². The van der Waals surface area contributed by atoms with Gasteiger partial charge in [0.15, 0.2) is 0 Å². The molecule has 1 amide bonds. The van der Waals surface area contributed by atoms with Gasteiger partial charge in [0.05, 0.1) is 15.3 Å². The van der Waals surface area contributed by atoms with Gasteiger partial charge in [-0.25, -0.2) is 18.6 Å². The largest absolute Gasteiger partial charge is 0.477 e. The van der Waals surface area contributed by atoms with Crippen molar-refractivity contribution in [2.75, 3.05) is 6.56 Å². The zero-order chi connectivity index (χ0) is 19.5. The molecule has 0 spiro atoms. The zero-order valence-corrected chi connectivity index (χ0v) is 14.9. The molecule has 0 unspecified atom stereocenters. The SMILES string of the molecule is [2H]C([2H])(CC(F)(F)[C@H](C)NC(=O)OC(C)(C)C)Oc1cc(Br)ccn1. The smallest absolute Gasteiger partial charge is 0.408 e. The normalized spacial score (nSPS) is 15.3. The summed E-state index contributed by atoms with van der Waals surface area (Å²) in [5, 5.41) is 2.02. The van der Waals surface area contributed by atoms with Crippen LogP contribution in [-0.4, -0.2) is 35.2 Å². The summed E-state index contributed by atoms with van der Waals surface area (Å²) in [6, 6.07) is 1.29. The summed E-state index contributed by atoms with van der Waals surface area (Å²) in [5.41, 5.74) is -0.830. The number of alkyl carbamates (subject to hydrolysis) is 1. The van der Waals surface area contributed by atoms with Crippen molar-refractivity contribution in [2.24, 2.45) is 0 Å². The van der Waals surface area contributed by atoms with Crippen LogP contribution >= 0.6 is 15.9 Å². The Morgan fingerprint density at radius 1 is 1.52 bits per heavy atom. The highest BCUT2D eigenvalue weighted by Crippen LogP contribution is 2.24. The first-order valence-corrected chi connectivity index (χ1v) is 7.67. The van der Waals surface area contributed by atoms with Gasteiger partial charge in [0, 0.05) is 23.2 Å². The van der Waals surface area contributed by atoms with Gasteiger partial charge in [0.25, 0.3) is 5.92 Å². The average molecular weight is 397 g/mol. The Bertz CT molecular complexity index is 613. The van der Waals surface area contributed by atoms with Gasteiger partial charge in [-0.3, -0.25) is 0 Å². The van der Waals surface area contributed by atoms with E-state index >= 15 is 0 Å². The van der Waals surface area contributed by atoms with E-state index in [0.29, 0.717) is 4.47 Å². The standard InChI is InChI=1S/C15H21BrF2N2O3/c1-10(20-13(21)23-14(2,3)4)15(17,18)6-8-22-12-9-11(16)5-7-19-12/h5,7,9-10H,6,8H2,1-4H3,(H,20,21)/t10-/m0/s1/i8D2. The Kier molecular flexibility index (Phi) is 5.64. The summed E-state index contributed by atoms with van der Waals surface area (Å²) in [6.07, 6.45) is -0.930. The van der Waals surface area contributed by atoms with E-state index in [4.69, 9.17) is 12.2 Å². The Hall–Kier alpha value is -1.44. The average Bonchev–Trinajstić information content (AvgIpc) is 2.33. The monoisotopic (exact) mass is 396 g/mol. The Labute approximate surface area is 145 Å². The molecule has 1 N–H and O–H groups in total. The van der Waals surface area contributed by atoms with Crippen molar-refractivity contribution in [1.82, 2.24) is 10.3 Å². The van der Waals surface area contributed by atoms with Gasteiger partial charge in [0.2, 0.25) is 5.88 Å².